The van der Waals surface area contributed by atoms with Crippen molar-refractivity contribution in [1.82, 2.24) is 4.90 Å². The van der Waals surface area contributed by atoms with E-state index in [-0.39, 0.29) is 17.7 Å². The summed E-state index contributed by atoms with van der Waals surface area (Å²) in [6, 6.07) is 10.6. The van der Waals surface area contributed by atoms with Gasteiger partial charge in [0.1, 0.15) is 0 Å². The van der Waals surface area contributed by atoms with Gasteiger partial charge in [0.25, 0.3) is 5.91 Å². The molecule has 3 unspecified atom stereocenters. The van der Waals surface area contributed by atoms with Crippen molar-refractivity contribution in [2.24, 2.45) is 11.8 Å². The molecule has 0 aliphatic carbocycles. The maximum atomic E-state index is 13.1. The molecule has 1 fully saturated rings. The lowest BCUT2D eigenvalue weighted by Crippen LogP contribution is -2.45. The van der Waals surface area contributed by atoms with Crippen molar-refractivity contribution in [3.8, 4) is 0 Å². The van der Waals surface area contributed by atoms with Gasteiger partial charge in [0.2, 0.25) is 0 Å². The second-order valence-electron chi connectivity index (χ2n) is 8.05. The van der Waals surface area contributed by atoms with Crippen LogP contribution in [-0.4, -0.2) is 41.0 Å². The number of carbonyl (C=O) groups is 2. The molecule has 1 saturated heterocycles. The molecule has 3 heterocycles. The number of anilines is 1. The predicted octanol–water partition coefficient (Wildman–Crippen LogP) is 3.41. The largest absolute Gasteiger partial charge is 0.481 e. The van der Waals surface area contributed by atoms with Crippen molar-refractivity contribution in [2.45, 2.75) is 39.3 Å². The van der Waals surface area contributed by atoms with Crippen LogP contribution in [0.3, 0.4) is 0 Å². The first kappa shape index (κ1) is 18.6. The Bertz CT molecular complexity index is 890. The van der Waals surface area contributed by atoms with Crippen molar-refractivity contribution in [3.63, 3.8) is 0 Å². The molecule has 1 aromatic carbocycles. The second-order valence-corrected chi connectivity index (χ2v) is 8.05. The van der Waals surface area contributed by atoms with Gasteiger partial charge >= 0.3 is 5.97 Å². The summed E-state index contributed by atoms with van der Waals surface area (Å²) >= 11 is 0. The Kier molecular flexibility index (Phi) is 4.87. The third kappa shape index (κ3) is 3.28. The van der Waals surface area contributed by atoms with Crippen molar-refractivity contribution < 1.29 is 19.1 Å². The lowest BCUT2D eigenvalue weighted by Gasteiger charge is -2.34. The lowest BCUT2D eigenvalue weighted by atomic mass is 9.87. The number of likely N-dealkylation sites (tertiary alicyclic amines) is 1. The van der Waals surface area contributed by atoms with Crippen LogP contribution >= 0.6 is 0 Å². The zero-order valence-electron chi connectivity index (χ0n) is 16.3. The van der Waals surface area contributed by atoms with E-state index in [0.717, 1.165) is 12.0 Å². The van der Waals surface area contributed by atoms with Crippen LogP contribution < -0.4 is 4.90 Å². The van der Waals surface area contributed by atoms with Gasteiger partial charge in [0.05, 0.1) is 12.2 Å². The Labute approximate surface area is 164 Å². The minimum atomic E-state index is -0.778. The number of para-hydroxylation sites is 1. The van der Waals surface area contributed by atoms with E-state index in [1.165, 1.54) is 11.3 Å². The fourth-order valence-corrected chi connectivity index (χ4v) is 4.54. The van der Waals surface area contributed by atoms with Crippen LogP contribution in [0.5, 0.6) is 0 Å². The number of furan rings is 1. The summed E-state index contributed by atoms with van der Waals surface area (Å²) in [6.45, 7) is 5.60. The summed E-state index contributed by atoms with van der Waals surface area (Å²) < 4.78 is 5.59. The molecule has 4 rings (SSSR count). The summed E-state index contributed by atoms with van der Waals surface area (Å²) in [5, 5.41) is 9.30. The molecule has 2 aliphatic rings. The van der Waals surface area contributed by atoms with E-state index < -0.39 is 5.97 Å². The number of aliphatic carboxylic acids is 1. The van der Waals surface area contributed by atoms with Crippen molar-refractivity contribution in [1.29, 1.82) is 0 Å². The normalized spacial score (nSPS) is 24.3. The van der Waals surface area contributed by atoms with E-state index in [4.69, 9.17) is 4.42 Å². The van der Waals surface area contributed by atoms with E-state index in [9.17, 15) is 14.7 Å². The van der Waals surface area contributed by atoms with Gasteiger partial charge in [-0.1, -0.05) is 25.1 Å². The molecule has 2 aromatic rings. The molecular formula is C22H26N2O4. The summed E-state index contributed by atoms with van der Waals surface area (Å²) in [5.74, 6) is -1.01. The smallest absolute Gasteiger partial charge is 0.306 e. The number of nitrogens with zero attached hydrogens (tertiary/aromatic N) is 2. The topological polar surface area (TPSA) is 74.0 Å². The molecule has 0 bridgehead atoms. The highest BCUT2D eigenvalue weighted by atomic mass is 16.4. The predicted molar refractivity (Wildman–Crippen MR) is 105 cm³/mol. The van der Waals surface area contributed by atoms with Crippen LogP contribution in [0.25, 0.3) is 0 Å². The number of carboxylic acids is 1. The Morgan fingerprint density at radius 1 is 1.21 bits per heavy atom. The zero-order chi connectivity index (χ0) is 19.8. The molecule has 0 saturated carbocycles. The van der Waals surface area contributed by atoms with Gasteiger partial charge in [0.15, 0.2) is 5.76 Å². The Hall–Kier alpha value is -2.76. The highest BCUT2D eigenvalue weighted by Crippen LogP contribution is 2.34. The van der Waals surface area contributed by atoms with Gasteiger partial charge in [0, 0.05) is 36.9 Å². The first-order valence-corrected chi connectivity index (χ1v) is 9.88. The number of hydrogen-bond donors (Lipinski definition) is 1. The Morgan fingerprint density at radius 2 is 2.00 bits per heavy atom. The number of amides is 1. The Morgan fingerprint density at radius 3 is 2.75 bits per heavy atom. The second kappa shape index (κ2) is 7.34. The third-order valence-electron chi connectivity index (χ3n) is 6.14. The van der Waals surface area contributed by atoms with Crippen molar-refractivity contribution >= 4 is 17.6 Å². The number of rotatable bonds is 4. The maximum Gasteiger partial charge on any atom is 0.306 e. The number of carboxylic acid groups (broad SMARTS) is 1. The molecule has 0 radical (unpaired) electrons. The molecule has 1 amide bonds. The van der Waals surface area contributed by atoms with Gasteiger partial charge < -0.3 is 19.3 Å². The van der Waals surface area contributed by atoms with E-state index in [0.29, 0.717) is 37.9 Å². The van der Waals surface area contributed by atoms with Crippen LogP contribution in [-0.2, 0) is 17.8 Å². The van der Waals surface area contributed by atoms with Crippen LogP contribution in [0.15, 0.2) is 41.0 Å². The number of hydrogen-bond acceptors (Lipinski definition) is 4. The number of carbonyl (C=O) groups excluding carboxylic acids is 1. The fourth-order valence-electron chi connectivity index (χ4n) is 4.54. The standard InChI is InChI=1S/C22H26N2O4/c1-14-12-23(9-7-18(14)22(26)27)21(25)20-17(8-10-28-20)13-24-15(2)11-16-5-3-4-6-19(16)24/h3-6,8,10,14-15,18H,7,9,11-13H2,1-2H3,(H,26,27). The molecule has 1 aromatic heterocycles. The van der Waals surface area contributed by atoms with Crippen LogP contribution in [0, 0.1) is 11.8 Å². The van der Waals surface area contributed by atoms with E-state index >= 15 is 0 Å². The summed E-state index contributed by atoms with van der Waals surface area (Å²) in [6.07, 6.45) is 3.05. The molecule has 2 aliphatic heterocycles. The van der Waals surface area contributed by atoms with E-state index in [1.807, 2.05) is 19.1 Å². The SMILES string of the molecule is CC1CN(C(=O)c2occc2CN2c3ccccc3CC2C)CCC1C(=O)O. The Balaban J connectivity index is 1.51. The van der Waals surface area contributed by atoms with E-state index in [1.54, 1.807) is 11.2 Å². The fraction of sp³-hybridized carbons (Fsp3) is 0.455. The molecule has 3 atom stereocenters. The maximum absolute atomic E-state index is 13.1. The molecule has 6 nitrogen and oxygen atoms in total. The highest BCUT2D eigenvalue weighted by molar-refractivity contribution is 5.93. The van der Waals surface area contributed by atoms with Gasteiger partial charge in [-0.15, -0.1) is 0 Å². The number of fused-ring (bicyclic) bond motifs is 1. The minimum absolute atomic E-state index is 0.0703. The van der Waals surface area contributed by atoms with Gasteiger partial charge in [-0.3, -0.25) is 9.59 Å². The average molecular weight is 382 g/mol. The molecule has 148 valence electrons. The number of benzene rings is 1. The number of piperidine rings is 1. The summed E-state index contributed by atoms with van der Waals surface area (Å²) in [5.41, 5.74) is 3.42. The first-order valence-electron chi connectivity index (χ1n) is 9.88. The molecule has 1 N–H and O–H groups in total. The molecule has 6 heteroatoms. The van der Waals surface area contributed by atoms with Crippen molar-refractivity contribution in [2.75, 3.05) is 18.0 Å². The third-order valence-corrected chi connectivity index (χ3v) is 6.14. The first-order chi connectivity index (χ1) is 13.5. The van der Waals surface area contributed by atoms with Gasteiger partial charge in [-0.2, -0.15) is 0 Å². The summed E-state index contributed by atoms with van der Waals surface area (Å²) in [7, 11) is 0. The zero-order valence-corrected chi connectivity index (χ0v) is 16.3. The van der Waals surface area contributed by atoms with Gasteiger partial charge in [-0.05, 0) is 43.4 Å². The summed E-state index contributed by atoms with van der Waals surface area (Å²) in [4.78, 5) is 28.4. The van der Waals surface area contributed by atoms with Crippen LogP contribution in [0.4, 0.5) is 5.69 Å². The lowest BCUT2D eigenvalue weighted by molar-refractivity contribution is -0.145. The molecule has 28 heavy (non-hydrogen) atoms. The average Bonchev–Trinajstić information content (AvgIpc) is 3.25. The van der Waals surface area contributed by atoms with Crippen LogP contribution in [0.1, 0.15) is 41.9 Å². The minimum Gasteiger partial charge on any atom is -0.481 e. The quantitative estimate of drug-likeness (QED) is 0.877. The monoisotopic (exact) mass is 382 g/mol. The van der Waals surface area contributed by atoms with Crippen LogP contribution in [0.2, 0.25) is 0 Å². The molecule has 0 spiro atoms. The molecular weight excluding hydrogens is 356 g/mol. The van der Waals surface area contributed by atoms with Crippen molar-refractivity contribution in [3.05, 3.63) is 53.5 Å². The van der Waals surface area contributed by atoms with E-state index in [2.05, 4.69) is 30.0 Å². The van der Waals surface area contributed by atoms with Gasteiger partial charge in [-0.25, -0.2) is 0 Å². The highest BCUT2D eigenvalue weighted by Gasteiger charge is 2.35.